The van der Waals surface area contributed by atoms with Gasteiger partial charge in [0.25, 0.3) is 5.91 Å². The van der Waals surface area contributed by atoms with Crippen molar-refractivity contribution in [2.24, 2.45) is 5.92 Å². The lowest BCUT2D eigenvalue weighted by Gasteiger charge is -2.22. The maximum atomic E-state index is 13.3. The van der Waals surface area contributed by atoms with Crippen molar-refractivity contribution in [2.75, 3.05) is 23.4 Å². The quantitative estimate of drug-likeness (QED) is 0.516. The first-order valence-electron chi connectivity index (χ1n) is 11.5. The van der Waals surface area contributed by atoms with Gasteiger partial charge in [-0.15, -0.1) is 0 Å². The minimum atomic E-state index is -0.830. The molecular weight excluding hydrogens is 418 g/mol. The standard InChI is InChI=1S/C26H33N3O4/c1-5-15-33-22-11-9-20(10-12-22)27-24(30)17-23-25(31)29(21-8-6-7-19(4)16-21)26(32)28(23)14-13-18(2)3/h6-12,16,18,23H,5,13-15,17H2,1-4H3,(H,27,30). The van der Waals surface area contributed by atoms with Gasteiger partial charge in [0.05, 0.1) is 18.7 Å². The largest absolute Gasteiger partial charge is 0.494 e. The summed E-state index contributed by atoms with van der Waals surface area (Å²) in [4.78, 5) is 42.0. The monoisotopic (exact) mass is 451 g/mol. The first-order valence-corrected chi connectivity index (χ1v) is 11.5. The van der Waals surface area contributed by atoms with Crippen LogP contribution in [0.4, 0.5) is 16.2 Å². The van der Waals surface area contributed by atoms with Crippen molar-refractivity contribution in [3.8, 4) is 5.75 Å². The molecule has 0 aromatic heterocycles. The normalized spacial score (nSPS) is 16.0. The van der Waals surface area contributed by atoms with E-state index in [9.17, 15) is 14.4 Å². The van der Waals surface area contributed by atoms with Crippen LogP contribution in [0.25, 0.3) is 0 Å². The van der Waals surface area contributed by atoms with Crippen molar-refractivity contribution in [3.05, 3.63) is 54.1 Å². The lowest BCUT2D eigenvalue weighted by Crippen LogP contribution is -2.39. The van der Waals surface area contributed by atoms with Crippen LogP contribution in [0.1, 0.15) is 45.6 Å². The summed E-state index contributed by atoms with van der Waals surface area (Å²) in [6.07, 6.45) is 1.57. The third-order valence-corrected chi connectivity index (χ3v) is 5.52. The average Bonchev–Trinajstić information content (AvgIpc) is 3.00. The molecule has 176 valence electrons. The summed E-state index contributed by atoms with van der Waals surface area (Å²) in [5, 5.41) is 2.83. The molecular formula is C26H33N3O4. The highest BCUT2D eigenvalue weighted by Gasteiger charge is 2.46. The molecule has 4 amide bonds. The Labute approximate surface area is 195 Å². The lowest BCUT2D eigenvalue weighted by molar-refractivity contribution is -0.124. The molecule has 1 unspecified atom stereocenters. The van der Waals surface area contributed by atoms with E-state index in [1.807, 2.05) is 26.0 Å². The summed E-state index contributed by atoms with van der Waals surface area (Å²) >= 11 is 0. The van der Waals surface area contributed by atoms with Gasteiger partial charge >= 0.3 is 6.03 Å². The number of anilines is 2. The highest BCUT2D eigenvalue weighted by Crippen LogP contribution is 2.28. The zero-order valence-corrected chi connectivity index (χ0v) is 19.8. The Morgan fingerprint density at radius 2 is 1.85 bits per heavy atom. The number of carbonyl (C=O) groups is 3. The number of carbonyl (C=O) groups excluding carboxylic acids is 3. The van der Waals surface area contributed by atoms with Gasteiger partial charge in [-0.25, -0.2) is 9.69 Å². The molecule has 1 fully saturated rings. The summed E-state index contributed by atoms with van der Waals surface area (Å²) < 4.78 is 5.56. The van der Waals surface area contributed by atoms with Crippen LogP contribution in [0, 0.1) is 12.8 Å². The van der Waals surface area contributed by atoms with E-state index < -0.39 is 6.04 Å². The number of benzene rings is 2. The maximum absolute atomic E-state index is 13.3. The second-order valence-corrected chi connectivity index (χ2v) is 8.81. The Kier molecular flexibility index (Phi) is 8.09. The van der Waals surface area contributed by atoms with Crippen LogP contribution in [0.5, 0.6) is 5.75 Å². The first kappa shape index (κ1) is 24.3. The summed E-state index contributed by atoms with van der Waals surface area (Å²) in [7, 11) is 0. The van der Waals surface area contributed by atoms with Crippen LogP contribution in [0.3, 0.4) is 0 Å². The molecule has 0 bridgehead atoms. The topological polar surface area (TPSA) is 79.0 Å². The predicted molar refractivity (Wildman–Crippen MR) is 129 cm³/mol. The van der Waals surface area contributed by atoms with Gasteiger partial charge in [0.1, 0.15) is 11.8 Å². The third-order valence-electron chi connectivity index (χ3n) is 5.52. The summed E-state index contributed by atoms with van der Waals surface area (Å²) in [6.45, 7) is 9.13. The fourth-order valence-corrected chi connectivity index (χ4v) is 3.73. The van der Waals surface area contributed by atoms with Gasteiger partial charge in [0.15, 0.2) is 0 Å². The number of ether oxygens (including phenoxy) is 1. The van der Waals surface area contributed by atoms with Crippen LogP contribution < -0.4 is 15.0 Å². The zero-order valence-electron chi connectivity index (χ0n) is 19.8. The zero-order chi connectivity index (χ0) is 24.0. The number of hydrogen-bond donors (Lipinski definition) is 1. The van der Waals surface area contributed by atoms with E-state index in [1.54, 1.807) is 36.4 Å². The van der Waals surface area contributed by atoms with Crippen molar-refractivity contribution in [2.45, 2.75) is 53.0 Å². The minimum Gasteiger partial charge on any atom is -0.494 e. The maximum Gasteiger partial charge on any atom is 0.332 e. The summed E-state index contributed by atoms with van der Waals surface area (Å²) in [5.74, 6) is 0.417. The number of imide groups is 1. The van der Waals surface area contributed by atoms with E-state index in [1.165, 1.54) is 9.80 Å². The number of urea groups is 1. The highest BCUT2D eigenvalue weighted by molar-refractivity contribution is 6.22. The van der Waals surface area contributed by atoms with E-state index in [0.29, 0.717) is 30.4 Å². The van der Waals surface area contributed by atoms with Gasteiger partial charge in [-0.05, 0) is 67.6 Å². The molecule has 7 heteroatoms. The Hall–Kier alpha value is -3.35. The Morgan fingerprint density at radius 1 is 1.12 bits per heavy atom. The van der Waals surface area contributed by atoms with E-state index in [-0.39, 0.29) is 24.3 Å². The Bertz CT molecular complexity index is 987. The first-order chi connectivity index (χ1) is 15.8. The fourth-order valence-electron chi connectivity index (χ4n) is 3.73. The van der Waals surface area contributed by atoms with E-state index in [2.05, 4.69) is 19.2 Å². The van der Waals surface area contributed by atoms with E-state index in [4.69, 9.17) is 4.74 Å². The number of aryl methyl sites for hydroxylation is 1. The molecule has 2 aromatic carbocycles. The molecule has 2 aromatic rings. The van der Waals surface area contributed by atoms with Gasteiger partial charge < -0.3 is 15.0 Å². The SMILES string of the molecule is CCCOc1ccc(NC(=O)CC2C(=O)N(c3cccc(C)c3)C(=O)N2CCC(C)C)cc1. The van der Waals surface area contributed by atoms with E-state index in [0.717, 1.165) is 24.2 Å². The molecule has 1 heterocycles. The second kappa shape index (κ2) is 11.0. The number of hydrogen-bond acceptors (Lipinski definition) is 4. The van der Waals surface area contributed by atoms with Crippen LogP contribution >= 0.6 is 0 Å². The highest BCUT2D eigenvalue weighted by atomic mass is 16.5. The van der Waals surface area contributed by atoms with Crippen molar-refractivity contribution in [1.82, 2.24) is 4.90 Å². The molecule has 3 rings (SSSR count). The van der Waals surface area contributed by atoms with Gasteiger partial charge in [0.2, 0.25) is 5.91 Å². The molecule has 0 spiro atoms. The molecule has 0 radical (unpaired) electrons. The van der Waals surface area contributed by atoms with Crippen molar-refractivity contribution < 1.29 is 19.1 Å². The number of amides is 4. The van der Waals surface area contributed by atoms with Crippen LogP contribution in [-0.2, 0) is 9.59 Å². The van der Waals surface area contributed by atoms with Crippen LogP contribution in [0.2, 0.25) is 0 Å². The minimum absolute atomic E-state index is 0.0981. The van der Waals surface area contributed by atoms with Crippen LogP contribution in [0.15, 0.2) is 48.5 Å². The van der Waals surface area contributed by atoms with Gasteiger partial charge in [-0.2, -0.15) is 0 Å². The molecule has 33 heavy (non-hydrogen) atoms. The molecule has 1 N–H and O–H groups in total. The summed E-state index contributed by atoms with van der Waals surface area (Å²) in [6, 6.07) is 13.2. The number of nitrogens with zero attached hydrogens (tertiary/aromatic N) is 2. The third kappa shape index (κ3) is 6.12. The average molecular weight is 452 g/mol. The molecule has 1 aliphatic heterocycles. The van der Waals surface area contributed by atoms with Crippen LogP contribution in [-0.4, -0.2) is 41.9 Å². The predicted octanol–water partition coefficient (Wildman–Crippen LogP) is 5.00. The number of nitrogens with one attached hydrogen (secondary N) is 1. The Balaban J connectivity index is 1.74. The molecule has 7 nitrogen and oxygen atoms in total. The summed E-state index contributed by atoms with van der Waals surface area (Å²) in [5.41, 5.74) is 2.10. The van der Waals surface area contributed by atoms with Gasteiger partial charge in [-0.3, -0.25) is 9.59 Å². The molecule has 0 saturated carbocycles. The molecule has 1 atom stereocenters. The molecule has 0 aliphatic carbocycles. The number of rotatable bonds is 10. The van der Waals surface area contributed by atoms with Crippen molar-refractivity contribution >= 4 is 29.2 Å². The lowest BCUT2D eigenvalue weighted by atomic mass is 10.1. The second-order valence-electron chi connectivity index (χ2n) is 8.81. The molecule has 1 saturated heterocycles. The van der Waals surface area contributed by atoms with Gasteiger partial charge in [-0.1, -0.05) is 32.9 Å². The van der Waals surface area contributed by atoms with E-state index >= 15 is 0 Å². The molecule has 1 aliphatic rings. The van der Waals surface area contributed by atoms with Crippen molar-refractivity contribution in [3.63, 3.8) is 0 Å². The fraction of sp³-hybridized carbons (Fsp3) is 0.423. The van der Waals surface area contributed by atoms with Gasteiger partial charge in [0, 0.05) is 12.2 Å². The van der Waals surface area contributed by atoms with Crippen molar-refractivity contribution in [1.29, 1.82) is 0 Å². The smallest absolute Gasteiger partial charge is 0.332 e. The Morgan fingerprint density at radius 3 is 2.48 bits per heavy atom.